The Hall–Kier alpha value is -1.59. The predicted octanol–water partition coefficient (Wildman–Crippen LogP) is 1.17. The van der Waals surface area contributed by atoms with Crippen LogP contribution in [0.15, 0.2) is 18.2 Å². The highest BCUT2D eigenvalue weighted by Crippen LogP contribution is 2.33. The van der Waals surface area contributed by atoms with Gasteiger partial charge in [-0.05, 0) is 26.0 Å². The van der Waals surface area contributed by atoms with Crippen LogP contribution >= 0.6 is 0 Å². The number of nitrogens with zero attached hydrogens (tertiary/aromatic N) is 2. The summed E-state index contributed by atoms with van der Waals surface area (Å²) >= 11 is 0. The van der Waals surface area contributed by atoms with Crippen molar-refractivity contribution in [3.63, 3.8) is 0 Å². The molecule has 3 N–H and O–H groups in total. The lowest BCUT2D eigenvalue weighted by molar-refractivity contribution is -0.116. The predicted molar refractivity (Wildman–Crippen MR) is 80.9 cm³/mol. The molecule has 5 heteroatoms. The fraction of sp³-hybridized carbons (Fsp3) is 0.533. The van der Waals surface area contributed by atoms with E-state index in [0.717, 1.165) is 37.4 Å². The van der Waals surface area contributed by atoms with Gasteiger partial charge in [0.15, 0.2) is 0 Å². The molecule has 1 amide bonds. The van der Waals surface area contributed by atoms with Crippen LogP contribution in [0.25, 0.3) is 0 Å². The van der Waals surface area contributed by atoms with Gasteiger partial charge >= 0.3 is 0 Å². The molecule has 0 aliphatic carbocycles. The van der Waals surface area contributed by atoms with Crippen molar-refractivity contribution in [1.29, 1.82) is 0 Å². The lowest BCUT2D eigenvalue weighted by Gasteiger charge is -2.38. The minimum Gasteiger partial charge on any atom is -0.369 e. The number of carbonyl (C=O) groups excluding carboxylic acids is 1. The van der Waals surface area contributed by atoms with Gasteiger partial charge in [0.1, 0.15) is 6.04 Å². The summed E-state index contributed by atoms with van der Waals surface area (Å²) in [5.74, 6) is -0.109. The molecule has 1 atom stereocenters. The summed E-state index contributed by atoms with van der Waals surface area (Å²) < 4.78 is 0. The van der Waals surface area contributed by atoms with Crippen molar-refractivity contribution in [3.8, 4) is 0 Å². The highest BCUT2D eigenvalue weighted by molar-refractivity contribution is 6.02. The summed E-state index contributed by atoms with van der Waals surface area (Å²) in [6.45, 7) is 8.69. The Balaban J connectivity index is 1.74. The van der Waals surface area contributed by atoms with Gasteiger partial charge < -0.3 is 16.0 Å². The lowest BCUT2D eigenvalue weighted by Crippen LogP contribution is -2.48. The maximum Gasteiger partial charge on any atom is 0.245 e. The van der Waals surface area contributed by atoms with Crippen molar-refractivity contribution in [2.75, 3.05) is 36.4 Å². The average molecular weight is 274 g/mol. The van der Waals surface area contributed by atoms with Gasteiger partial charge in [-0.2, -0.15) is 0 Å². The molecule has 3 rings (SSSR count). The molecule has 1 unspecified atom stereocenters. The second-order valence-electron chi connectivity index (χ2n) is 5.86. The van der Waals surface area contributed by atoms with E-state index in [0.29, 0.717) is 6.04 Å². The van der Waals surface area contributed by atoms with Gasteiger partial charge in [0.2, 0.25) is 5.91 Å². The van der Waals surface area contributed by atoms with Crippen molar-refractivity contribution < 1.29 is 4.79 Å². The number of nitrogens with one attached hydrogen (secondary N) is 1. The number of hydrogen-bond acceptors (Lipinski definition) is 4. The maximum absolute atomic E-state index is 11.6. The van der Waals surface area contributed by atoms with Gasteiger partial charge in [0, 0.05) is 49.2 Å². The standard InChI is InChI=1S/C15H22N4O/c1-10(2)18-5-7-19(8-6-18)11-3-4-12-13(9-11)17-15(20)14(12)16/h3-4,9-10,14H,5-8,16H2,1-2H3,(H,17,20). The average Bonchev–Trinajstić information content (AvgIpc) is 2.74. The third-order valence-corrected chi connectivity index (χ3v) is 4.32. The fourth-order valence-electron chi connectivity index (χ4n) is 2.97. The number of hydrogen-bond donors (Lipinski definition) is 2. The molecule has 0 bridgehead atoms. The molecule has 5 nitrogen and oxygen atoms in total. The topological polar surface area (TPSA) is 61.6 Å². The Bertz CT molecular complexity index is 521. The van der Waals surface area contributed by atoms with Gasteiger partial charge in [-0.15, -0.1) is 0 Å². The Morgan fingerprint density at radius 2 is 1.95 bits per heavy atom. The van der Waals surface area contributed by atoms with Crippen LogP contribution in [0.2, 0.25) is 0 Å². The number of nitrogens with two attached hydrogens (primary N) is 1. The molecule has 0 radical (unpaired) electrons. The van der Waals surface area contributed by atoms with Crippen LogP contribution in [0.3, 0.4) is 0 Å². The van der Waals surface area contributed by atoms with Crippen LogP contribution in [-0.2, 0) is 4.79 Å². The molecule has 2 aliphatic heterocycles. The van der Waals surface area contributed by atoms with E-state index in [4.69, 9.17) is 5.73 Å². The van der Waals surface area contributed by atoms with E-state index < -0.39 is 6.04 Å². The van der Waals surface area contributed by atoms with Crippen molar-refractivity contribution >= 4 is 17.3 Å². The van der Waals surface area contributed by atoms with E-state index in [1.54, 1.807) is 0 Å². The van der Waals surface area contributed by atoms with Gasteiger partial charge in [-0.3, -0.25) is 9.69 Å². The Kier molecular flexibility index (Phi) is 3.40. The van der Waals surface area contributed by atoms with Crippen molar-refractivity contribution in [2.24, 2.45) is 5.73 Å². The zero-order valence-corrected chi connectivity index (χ0v) is 12.1. The molecule has 1 aromatic carbocycles. The molecule has 20 heavy (non-hydrogen) atoms. The summed E-state index contributed by atoms with van der Waals surface area (Å²) in [6, 6.07) is 6.18. The third-order valence-electron chi connectivity index (χ3n) is 4.32. The van der Waals surface area contributed by atoms with Gasteiger partial charge in [-0.1, -0.05) is 6.07 Å². The first kappa shape index (κ1) is 13.4. The van der Waals surface area contributed by atoms with E-state index >= 15 is 0 Å². The summed E-state index contributed by atoms with van der Waals surface area (Å²) in [6.07, 6.45) is 0. The summed E-state index contributed by atoms with van der Waals surface area (Å²) in [4.78, 5) is 16.4. The molecule has 2 heterocycles. The second-order valence-corrected chi connectivity index (χ2v) is 5.86. The highest BCUT2D eigenvalue weighted by atomic mass is 16.2. The number of carbonyl (C=O) groups is 1. The van der Waals surface area contributed by atoms with Gasteiger partial charge in [0.25, 0.3) is 0 Å². The number of fused-ring (bicyclic) bond motifs is 1. The SMILES string of the molecule is CC(C)N1CCN(c2ccc3c(c2)NC(=O)C3N)CC1. The van der Waals surface area contributed by atoms with Crippen LogP contribution in [0, 0.1) is 0 Å². The number of amides is 1. The van der Waals surface area contributed by atoms with E-state index in [9.17, 15) is 4.79 Å². The first-order valence-electron chi connectivity index (χ1n) is 7.25. The highest BCUT2D eigenvalue weighted by Gasteiger charge is 2.28. The fourth-order valence-corrected chi connectivity index (χ4v) is 2.97. The van der Waals surface area contributed by atoms with Crippen LogP contribution in [0.4, 0.5) is 11.4 Å². The smallest absolute Gasteiger partial charge is 0.245 e. The molecule has 0 aromatic heterocycles. The Labute approximate surface area is 119 Å². The van der Waals surface area contributed by atoms with Crippen molar-refractivity contribution in [3.05, 3.63) is 23.8 Å². The maximum atomic E-state index is 11.6. The first-order valence-corrected chi connectivity index (χ1v) is 7.25. The van der Waals surface area contributed by atoms with Crippen LogP contribution in [-0.4, -0.2) is 43.0 Å². The van der Waals surface area contributed by atoms with Crippen LogP contribution in [0.5, 0.6) is 0 Å². The van der Waals surface area contributed by atoms with Crippen LogP contribution < -0.4 is 16.0 Å². The molecule has 0 saturated carbocycles. The molecule has 1 fully saturated rings. The number of rotatable bonds is 2. The Morgan fingerprint density at radius 1 is 1.25 bits per heavy atom. The zero-order valence-electron chi connectivity index (χ0n) is 12.1. The van der Waals surface area contributed by atoms with Crippen LogP contribution in [0.1, 0.15) is 25.5 Å². The first-order chi connectivity index (χ1) is 9.56. The van der Waals surface area contributed by atoms with E-state index in [-0.39, 0.29) is 5.91 Å². The second kappa shape index (κ2) is 5.07. The minimum absolute atomic E-state index is 0.109. The van der Waals surface area contributed by atoms with Gasteiger partial charge in [-0.25, -0.2) is 0 Å². The number of piperazine rings is 1. The lowest BCUT2D eigenvalue weighted by atomic mass is 10.1. The molecular weight excluding hydrogens is 252 g/mol. The summed E-state index contributed by atoms with van der Waals surface area (Å²) in [7, 11) is 0. The summed E-state index contributed by atoms with van der Waals surface area (Å²) in [5.41, 5.74) is 8.77. The van der Waals surface area contributed by atoms with E-state index in [1.807, 2.05) is 12.1 Å². The molecule has 1 saturated heterocycles. The van der Waals surface area contributed by atoms with Crippen molar-refractivity contribution in [2.45, 2.75) is 25.9 Å². The molecule has 0 spiro atoms. The van der Waals surface area contributed by atoms with E-state index in [2.05, 4.69) is 35.0 Å². The van der Waals surface area contributed by atoms with E-state index in [1.165, 1.54) is 5.69 Å². The quantitative estimate of drug-likeness (QED) is 0.850. The van der Waals surface area contributed by atoms with Crippen molar-refractivity contribution in [1.82, 2.24) is 4.90 Å². The third kappa shape index (κ3) is 2.27. The monoisotopic (exact) mass is 274 g/mol. The normalized spacial score (nSPS) is 23.1. The zero-order chi connectivity index (χ0) is 14.3. The molecule has 1 aromatic rings. The van der Waals surface area contributed by atoms with Gasteiger partial charge in [0.05, 0.1) is 0 Å². The molecule has 2 aliphatic rings. The number of anilines is 2. The minimum atomic E-state index is -0.517. The molecule has 108 valence electrons. The molecular formula is C15H22N4O. The number of benzene rings is 1. The summed E-state index contributed by atoms with van der Waals surface area (Å²) in [5, 5.41) is 2.85. The largest absolute Gasteiger partial charge is 0.369 e. The Morgan fingerprint density at radius 3 is 2.60 bits per heavy atom.